The number of benzene rings is 1. The number of aromatic nitrogens is 2. The Morgan fingerprint density at radius 2 is 1.84 bits per heavy atom. The predicted molar refractivity (Wildman–Crippen MR) is 109 cm³/mol. The lowest BCUT2D eigenvalue weighted by Gasteiger charge is -2.13. The lowest BCUT2D eigenvalue weighted by molar-refractivity contribution is -0.119. The molecule has 0 aliphatic carbocycles. The van der Waals surface area contributed by atoms with E-state index in [1.54, 1.807) is 11.8 Å². The van der Waals surface area contributed by atoms with Gasteiger partial charge in [0.05, 0.1) is 5.75 Å². The van der Waals surface area contributed by atoms with Crippen molar-refractivity contribution in [3.8, 4) is 0 Å². The van der Waals surface area contributed by atoms with Crippen molar-refractivity contribution in [1.29, 1.82) is 0 Å². The molecule has 134 valence electrons. The van der Waals surface area contributed by atoms with Crippen molar-refractivity contribution < 1.29 is 4.79 Å². The molecule has 2 rings (SSSR count). The molecule has 1 unspecified atom stereocenters. The number of hydrogen-bond acceptors (Lipinski definition) is 6. The van der Waals surface area contributed by atoms with Crippen molar-refractivity contribution >= 4 is 40.8 Å². The number of hydrogen-bond donors (Lipinski definition) is 1. The molecule has 0 spiro atoms. The topological polar surface area (TPSA) is 54.9 Å². The van der Waals surface area contributed by atoms with E-state index in [0.717, 1.165) is 32.8 Å². The molecule has 1 N–H and O–H groups in total. The standard InChI is InChI=1S/C18H23N3OS3/c1-13(2)11-23-17-20-21-18(25-17)24-12-16(22)19-14(3)9-10-15-7-5-4-6-8-15/h4-8,14H,1,9-12H2,2-3H3,(H,19,22). The lowest BCUT2D eigenvalue weighted by Crippen LogP contribution is -2.34. The summed E-state index contributed by atoms with van der Waals surface area (Å²) in [6.45, 7) is 7.91. The Labute approximate surface area is 161 Å². The van der Waals surface area contributed by atoms with Crippen molar-refractivity contribution in [3.05, 3.63) is 48.0 Å². The van der Waals surface area contributed by atoms with Gasteiger partial charge in [0, 0.05) is 11.8 Å². The Balaban J connectivity index is 1.67. The number of carbonyl (C=O) groups excluding carboxylic acids is 1. The minimum atomic E-state index is 0.0388. The molecule has 0 radical (unpaired) electrons. The Morgan fingerprint density at radius 1 is 1.20 bits per heavy atom. The van der Waals surface area contributed by atoms with Gasteiger partial charge in [-0.25, -0.2) is 0 Å². The Hall–Kier alpha value is -1.31. The highest BCUT2D eigenvalue weighted by atomic mass is 32.2. The zero-order valence-electron chi connectivity index (χ0n) is 14.5. The summed E-state index contributed by atoms with van der Waals surface area (Å²) in [5, 5.41) is 11.3. The number of carbonyl (C=O) groups is 1. The molecule has 7 heteroatoms. The van der Waals surface area contributed by atoms with Gasteiger partial charge in [-0.1, -0.05) is 77.3 Å². The van der Waals surface area contributed by atoms with Crippen LogP contribution in [0, 0.1) is 0 Å². The summed E-state index contributed by atoms with van der Waals surface area (Å²) in [4.78, 5) is 12.1. The van der Waals surface area contributed by atoms with Crippen LogP contribution in [0.5, 0.6) is 0 Å². The van der Waals surface area contributed by atoms with Gasteiger partial charge >= 0.3 is 0 Å². The minimum absolute atomic E-state index is 0.0388. The molecule has 1 amide bonds. The van der Waals surface area contributed by atoms with Crippen molar-refractivity contribution in [1.82, 2.24) is 15.5 Å². The van der Waals surface area contributed by atoms with Gasteiger partial charge in [0.2, 0.25) is 5.91 Å². The van der Waals surface area contributed by atoms with Gasteiger partial charge in [-0.3, -0.25) is 4.79 Å². The molecule has 25 heavy (non-hydrogen) atoms. The Kier molecular flexibility index (Phi) is 8.51. The highest BCUT2D eigenvalue weighted by Crippen LogP contribution is 2.29. The normalized spacial score (nSPS) is 11.9. The largest absolute Gasteiger partial charge is 0.353 e. The van der Waals surface area contributed by atoms with Gasteiger partial charge in [0.15, 0.2) is 8.68 Å². The first-order valence-electron chi connectivity index (χ1n) is 8.09. The monoisotopic (exact) mass is 393 g/mol. The summed E-state index contributed by atoms with van der Waals surface area (Å²) >= 11 is 4.59. The van der Waals surface area contributed by atoms with Crippen LogP contribution in [0.15, 0.2) is 51.2 Å². The molecule has 4 nitrogen and oxygen atoms in total. The molecule has 0 fully saturated rings. The van der Waals surface area contributed by atoms with Crippen LogP contribution in [0.4, 0.5) is 0 Å². The van der Waals surface area contributed by atoms with Crippen LogP contribution in [0.3, 0.4) is 0 Å². The van der Waals surface area contributed by atoms with E-state index in [2.05, 4.69) is 34.2 Å². The second-order valence-corrected chi connectivity index (χ2v) is 9.28. The molecule has 0 aliphatic heterocycles. The summed E-state index contributed by atoms with van der Waals surface area (Å²) in [7, 11) is 0. The van der Waals surface area contributed by atoms with Crippen LogP contribution in [-0.4, -0.2) is 33.7 Å². The molecule has 0 aliphatic rings. The number of rotatable bonds is 10. The first-order valence-corrected chi connectivity index (χ1v) is 10.9. The van der Waals surface area contributed by atoms with Crippen LogP contribution in [-0.2, 0) is 11.2 Å². The number of nitrogens with zero attached hydrogens (tertiary/aromatic N) is 2. The first-order chi connectivity index (χ1) is 12.0. The summed E-state index contributed by atoms with van der Waals surface area (Å²) < 4.78 is 1.75. The van der Waals surface area contributed by atoms with Crippen LogP contribution < -0.4 is 5.32 Å². The molecule has 1 aromatic carbocycles. The van der Waals surface area contributed by atoms with Crippen molar-refractivity contribution in [2.75, 3.05) is 11.5 Å². The molecule has 1 heterocycles. The van der Waals surface area contributed by atoms with E-state index < -0.39 is 0 Å². The van der Waals surface area contributed by atoms with Crippen molar-refractivity contribution in [2.45, 2.75) is 41.4 Å². The van der Waals surface area contributed by atoms with Crippen molar-refractivity contribution in [2.24, 2.45) is 0 Å². The fourth-order valence-corrected chi connectivity index (χ4v) is 4.72. The predicted octanol–water partition coefficient (Wildman–Crippen LogP) is 4.44. The van der Waals surface area contributed by atoms with Gasteiger partial charge in [0.25, 0.3) is 0 Å². The summed E-state index contributed by atoms with van der Waals surface area (Å²) in [5.41, 5.74) is 2.41. The van der Waals surface area contributed by atoms with Crippen LogP contribution >= 0.6 is 34.9 Å². The second kappa shape index (κ2) is 10.6. The maximum Gasteiger partial charge on any atom is 0.230 e. The molecule has 0 saturated carbocycles. The van der Waals surface area contributed by atoms with E-state index in [0.29, 0.717) is 5.75 Å². The number of nitrogens with one attached hydrogen (secondary N) is 1. The Morgan fingerprint density at radius 3 is 2.48 bits per heavy atom. The molecular weight excluding hydrogens is 370 g/mol. The van der Waals surface area contributed by atoms with Gasteiger partial charge in [-0.15, -0.1) is 10.2 Å². The summed E-state index contributed by atoms with van der Waals surface area (Å²) in [6.07, 6.45) is 1.90. The van der Waals surface area contributed by atoms with E-state index in [1.165, 1.54) is 28.7 Å². The van der Waals surface area contributed by atoms with E-state index in [1.807, 2.05) is 32.0 Å². The van der Waals surface area contributed by atoms with Crippen LogP contribution in [0.1, 0.15) is 25.8 Å². The van der Waals surface area contributed by atoms with Gasteiger partial charge in [-0.2, -0.15) is 0 Å². The second-order valence-electron chi connectivity index (χ2n) is 5.86. The van der Waals surface area contributed by atoms with E-state index >= 15 is 0 Å². The average Bonchev–Trinajstić information content (AvgIpc) is 3.05. The van der Waals surface area contributed by atoms with E-state index in [-0.39, 0.29) is 11.9 Å². The van der Waals surface area contributed by atoms with Crippen molar-refractivity contribution in [3.63, 3.8) is 0 Å². The van der Waals surface area contributed by atoms with E-state index in [9.17, 15) is 4.79 Å². The van der Waals surface area contributed by atoms with Crippen LogP contribution in [0.2, 0.25) is 0 Å². The van der Waals surface area contributed by atoms with Gasteiger partial charge in [0.1, 0.15) is 0 Å². The maximum atomic E-state index is 12.1. The lowest BCUT2D eigenvalue weighted by atomic mass is 10.1. The zero-order valence-corrected chi connectivity index (χ0v) is 17.0. The highest BCUT2D eigenvalue weighted by Gasteiger charge is 2.11. The summed E-state index contributed by atoms with van der Waals surface area (Å²) in [6, 6.07) is 10.5. The quantitative estimate of drug-likeness (QED) is 0.478. The zero-order chi connectivity index (χ0) is 18.1. The minimum Gasteiger partial charge on any atom is -0.353 e. The summed E-state index contributed by atoms with van der Waals surface area (Å²) in [5.74, 6) is 1.26. The average molecular weight is 394 g/mol. The highest BCUT2D eigenvalue weighted by molar-refractivity contribution is 8.03. The molecule has 1 atom stereocenters. The third-order valence-corrected chi connectivity index (χ3v) is 6.69. The number of amides is 1. The van der Waals surface area contributed by atoms with E-state index in [4.69, 9.17) is 0 Å². The van der Waals surface area contributed by atoms with Gasteiger partial charge < -0.3 is 5.32 Å². The first kappa shape index (κ1) is 20.0. The number of aryl methyl sites for hydroxylation is 1. The van der Waals surface area contributed by atoms with Gasteiger partial charge in [-0.05, 0) is 32.3 Å². The number of thioether (sulfide) groups is 2. The Bertz CT molecular complexity index is 688. The fraction of sp³-hybridized carbons (Fsp3) is 0.389. The van der Waals surface area contributed by atoms with Crippen LogP contribution in [0.25, 0.3) is 0 Å². The molecular formula is C18H23N3OS3. The third kappa shape index (κ3) is 8.07. The fourth-order valence-electron chi connectivity index (χ4n) is 2.04. The SMILES string of the molecule is C=C(C)CSc1nnc(SCC(=O)NC(C)CCc2ccccc2)s1. The molecule has 1 aromatic heterocycles. The smallest absolute Gasteiger partial charge is 0.230 e. The molecule has 2 aromatic rings. The maximum absolute atomic E-state index is 12.1. The molecule has 0 bridgehead atoms. The molecule has 0 saturated heterocycles. The third-order valence-electron chi connectivity index (χ3n) is 3.27.